The highest BCUT2D eigenvalue weighted by atomic mass is 79.9. The zero-order valence-electron chi connectivity index (χ0n) is 10.9. The SMILES string of the molecule is N#Cc1ccc(NC(=O)c2cc(Br)cn2C2CC2)c(Br)c1. The Balaban J connectivity index is 1.85. The molecule has 0 unspecified atom stereocenters. The van der Waals surface area contributed by atoms with Crippen molar-refractivity contribution in [2.24, 2.45) is 0 Å². The summed E-state index contributed by atoms with van der Waals surface area (Å²) in [5, 5.41) is 11.7. The van der Waals surface area contributed by atoms with Crippen molar-refractivity contribution in [2.75, 3.05) is 5.32 Å². The number of hydrogen-bond acceptors (Lipinski definition) is 2. The highest BCUT2D eigenvalue weighted by Gasteiger charge is 2.27. The first-order valence-corrected chi connectivity index (χ1v) is 8.05. The van der Waals surface area contributed by atoms with Gasteiger partial charge in [0.2, 0.25) is 0 Å². The molecule has 1 aliphatic carbocycles. The van der Waals surface area contributed by atoms with Gasteiger partial charge in [0.25, 0.3) is 5.91 Å². The lowest BCUT2D eigenvalue weighted by atomic mass is 10.2. The van der Waals surface area contributed by atoms with E-state index in [9.17, 15) is 4.79 Å². The van der Waals surface area contributed by atoms with Crippen LogP contribution in [0, 0.1) is 11.3 Å². The molecule has 21 heavy (non-hydrogen) atoms. The van der Waals surface area contributed by atoms with Gasteiger partial charge in [0.1, 0.15) is 5.69 Å². The van der Waals surface area contributed by atoms with E-state index in [-0.39, 0.29) is 5.91 Å². The number of nitriles is 1. The van der Waals surface area contributed by atoms with Crippen molar-refractivity contribution in [3.05, 3.63) is 50.7 Å². The minimum Gasteiger partial charge on any atom is -0.339 e. The Morgan fingerprint density at radius 3 is 2.71 bits per heavy atom. The molecule has 0 bridgehead atoms. The number of carbonyl (C=O) groups is 1. The van der Waals surface area contributed by atoms with Crippen molar-refractivity contribution in [3.63, 3.8) is 0 Å². The summed E-state index contributed by atoms with van der Waals surface area (Å²) in [4.78, 5) is 12.4. The largest absolute Gasteiger partial charge is 0.339 e. The summed E-state index contributed by atoms with van der Waals surface area (Å²) in [5.74, 6) is -0.155. The number of benzene rings is 1. The first kappa shape index (κ1) is 14.4. The molecule has 0 spiro atoms. The average molecular weight is 409 g/mol. The fourth-order valence-electron chi connectivity index (χ4n) is 2.15. The zero-order valence-corrected chi connectivity index (χ0v) is 14.1. The number of aromatic nitrogens is 1. The first-order valence-electron chi connectivity index (χ1n) is 6.47. The van der Waals surface area contributed by atoms with Gasteiger partial charge in [-0.3, -0.25) is 4.79 Å². The molecule has 6 heteroatoms. The van der Waals surface area contributed by atoms with Crippen LogP contribution in [0.5, 0.6) is 0 Å². The highest BCUT2D eigenvalue weighted by molar-refractivity contribution is 9.10. The number of carbonyl (C=O) groups excluding carboxylic acids is 1. The Morgan fingerprint density at radius 2 is 2.10 bits per heavy atom. The summed E-state index contributed by atoms with van der Waals surface area (Å²) in [7, 11) is 0. The van der Waals surface area contributed by atoms with Crippen molar-refractivity contribution in [3.8, 4) is 6.07 Å². The Kier molecular flexibility index (Phi) is 3.87. The second-order valence-corrected chi connectivity index (χ2v) is 6.71. The minimum atomic E-state index is -0.155. The van der Waals surface area contributed by atoms with E-state index < -0.39 is 0 Å². The van der Waals surface area contributed by atoms with Gasteiger partial charge >= 0.3 is 0 Å². The van der Waals surface area contributed by atoms with E-state index in [4.69, 9.17) is 5.26 Å². The van der Waals surface area contributed by atoms with Crippen LogP contribution in [0.25, 0.3) is 0 Å². The summed E-state index contributed by atoms with van der Waals surface area (Å²) < 4.78 is 3.61. The fourth-order valence-corrected chi connectivity index (χ4v) is 3.07. The van der Waals surface area contributed by atoms with Crippen LogP contribution in [-0.4, -0.2) is 10.5 Å². The molecule has 4 nitrogen and oxygen atoms in total. The summed E-state index contributed by atoms with van der Waals surface area (Å²) in [5.41, 5.74) is 1.84. The molecule has 0 radical (unpaired) electrons. The predicted molar refractivity (Wildman–Crippen MR) is 87.2 cm³/mol. The number of nitrogens with zero attached hydrogens (tertiary/aromatic N) is 2. The van der Waals surface area contributed by atoms with Crippen molar-refractivity contribution < 1.29 is 4.79 Å². The average Bonchev–Trinajstić information content (AvgIpc) is 3.23. The van der Waals surface area contributed by atoms with Gasteiger partial charge in [-0.05, 0) is 69.0 Å². The second kappa shape index (κ2) is 5.66. The normalized spacial score (nSPS) is 13.8. The van der Waals surface area contributed by atoms with Gasteiger partial charge in [0.05, 0.1) is 17.3 Å². The molecular formula is C15H11Br2N3O. The molecule has 2 aromatic rings. The van der Waals surface area contributed by atoms with Gasteiger partial charge in [-0.25, -0.2) is 0 Å². The quantitative estimate of drug-likeness (QED) is 0.814. The molecule has 106 valence electrons. The van der Waals surface area contributed by atoms with Crippen molar-refractivity contribution in [2.45, 2.75) is 18.9 Å². The van der Waals surface area contributed by atoms with Crippen LogP contribution in [-0.2, 0) is 0 Å². The smallest absolute Gasteiger partial charge is 0.272 e. The first-order chi connectivity index (χ1) is 10.1. The maximum absolute atomic E-state index is 12.4. The highest BCUT2D eigenvalue weighted by Crippen LogP contribution is 2.37. The summed E-state index contributed by atoms with van der Waals surface area (Å²) in [6, 6.07) is 9.40. The van der Waals surface area contributed by atoms with Gasteiger partial charge in [0, 0.05) is 21.2 Å². The number of anilines is 1. The molecule has 1 aliphatic rings. The molecule has 0 aliphatic heterocycles. The maximum atomic E-state index is 12.4. The number of hydrogen-bond donors (Lipinski definition) is 1. The lowest BCUT2D eigenvalue weighted by Gasteiger charge is -2.10. The summed E-state index contributed by atoms with van der Waals surface area (Å²) in [6.45, 7) is 0. The molecular weight excluding hydrogens is 398 g/mol. The third kappa shape index (κ3) is 3.04. The van der Waals surface area contributed by atoms with Crippen LogP contribution in [0.3, 0.4) is 0 Å². The Morgan fingerprint density at radius 1 is 1.33 bits per heavy atom. The van der Waals surface area contributed by atoms with Crippen molar-refractivity contribution in [1.82, 2.24) is 4.57 Å². The molecule has 3 rings (SSSR count). The summed E-state index contributed by atoms with van der Waals surface area (Å²) in [6.07, 6.45) is 4.17. The van der Waals surface area contributed by atoms with Gasteiger partial charge in [-0.2, -0.15) is 5.26 Å². The van der Waals surface area contributed by atoms with E-state index in [1.54, 1.807) is 18.2 Å². The molecule has 1 fully saturated rings. The van der Waals surface area contributed by atoms with E-state index >= 15 is 0 Å². The lowest BCUT2D eigenvalue weighted by molar-refractivity contribution is 0.101. The Hall–Kier alpha value is -1.58. The van der Waals surface area contributed by atoms with Gasteiger partial charge < -0.3 is 9.88 Å². The maximum Gasteiger partial charge on any atom is 0.272 e. The number of amides is 1. The van der Waals surface area contributed by atoms with E-state index in [0.717, 1.165) is 17.3 Å². The molecule has 1 saturated carbocycles. The standard InChI is InChI=1S/C15H11Br2N3O/c16-10-6-14(20(8-10)11-2-3-11)15(21)19-13-4-1-9(7-18)5-12(13)17/h1,4-6,8,11H,2-3H2,(H,19,21). The molecule has 0 atom stereocenters. The van der Waals surface area contributed by atoms with Crippen LogP contribution in [0.2, 0.25) is 0 Å². The minimum absolute atomic E-state index is 0.155. The third-order valence-electron chi connectivity index (χ3n) is 3.33. The predicted octanol–water partition coefficient (Wildman–Crippen LogP) is 4.47. The number of rotatable bonds is 3. The fraction of sp³-hybridized carbons (Fsp3) is 0.200. The van der Waals surface area contributed by atoms with E-state index in [1.165, 1.54) is 0 Å². The Labute approximate surface area is 139 Å². The lowest BCUT2D eigenvalue weighted by Crippen LogP contribution is -2.16. The number of halogens is 2. The topological polar surface area (TPSA) is 57.8 Å². The van der Waals surface area contributed by atoms with E-state index in [0.29, 0.717) is 27.5 Å². The molecule has 1 amide bonds. The molecule has 1 heterocycles. The van der Waals surface area contributed by atoms with Gasteiger partial charge in [-0.1, -0.05) is 0 Å². The Bertz CT molecular complexity index is 757. The summed E-state index contributed by atoms with van der Waals surface area (Å²) >= 11 is 6.79. The molecule has 1 aromatic heterocycles. The molecule has 1 aromatic carbocycles. The second-order valence-electron chi connectivity index (χ2n) is 4.94. The van der Waals surface area contributed by atoms with E-state index in [2.05, 4.69) is 43.2 Å². The third-order valence-corrected chi connectivity index (χ3v) is 4.42. The van der Waals surface area contributed by atoms with Crippen molar-refractivity contribution >= 4 is 43.5 Å². The van der Waals surface area contributed by atoms with Crippen molar-refractivity contribution in [1.29, 1.82) is 5.26 Å². The van der Waals surface area contributed by atoms with E-state index in [1.807, 2.05) is 16.8 Å². The van der Waals surface area contributed by atoms with Crippen LogP contribution in [0.4, 0.5) is 5.69 Å². The van der Waals surface area contributed by atoms with Crippen LogP contribution in [0.15, 0.2) is 39.4 Å². The van der Waals surface area contributed by atoms with Gasteiger partial charge in [-0.15, -0.1) is 0 Å². The monoisotopic (exact) mass is 407 g/mol. The van der Waals surface area contributed by atoms with Gasteiger partial charge in [0.15, 0.2) is 0 Å². The number of nitrogens with one attached hydrogen (secondary N) is 1. The van der Waals surface area contributed by atoms with Crippen LogP contribution < -0.4 is 5.32 Å². The molecule has 0 saturated heterocycles. The molecule has 1 N–H and O–H groups in total. The van der Waals surface area contributed by atoms with Crippen LogP contribution in [0.1, 0.15) is 34.9 Å². The zero-order chi connectivity index (χ0) is 15.0. The van der Waals surface area contributed by atoms with Crippen LogP contribution >= 0.6 is 31.9 Å².